The number of carbonyl (C=O) groups is 1. The molecule has 0 aromatic heterocycles. The number of likely N-dealkylation sites (N-methyl/N-ethyl adjacent to an activating group) is 1. The van der Waals surface area contributed by atoms with Crippen LogP contribution in [0.3, 0.4) is 0 Å². The Balaban J connectivity index is 1.98. The first-order valence-corrected chi connectivity index (χ1v) is 6.73. The zero-order valence-corrected chi connectivity index (χ0v) is 12.3. The van der Waals surface area contributed by atoms with Crippen molar-refractivity contribution >= 4 is 28.9 Å². The third-order valence-corrected chi connectivity index (χ3v) is 3.18. The minimum atomic E-state index is -0.137. The maximum atomic E-state index is 12.0. The van der Waals surface area contributed by atoms with E-state index in [0.717, 1.165) is 5.69 Å². The molecule has 0 atom stereocenters. The van der Waals surface area contributed by atoms with Gasteiger partial charge in [0.15, 0.2) is 0 Å². The Labute approximate surface area is 128 Å². The standard InChI is InChI=1S/C16H14ClN3O/c1-20(15-4-2-3-12(9-15)10-18)11-16(21)19-14-7-5-13(17)6-8-14/h2-9H,11H2,1H3,(H,19,21). The van der Waals surface area contributed by atoms with E-state index in [2.05, 4.69) is 11.4 Å². The highest BCUT2D eigenvalue weighted by atomic mass is 35.5. The summed E-state index contributed by atoms with van der Waals surface area (Å²) < 4.78 is 0. The van der Waals surface area contributed by atoms with Gasteiger partial charge in [0.1, 0.15) is 0 Å². The number of anilines is 2. The van der Waals surface area contributed by atoms with Gasteiger partial charge in [0.05, 0.1) is 18.2 Å². The Bertz CT molecular complexity index is 677. The van der Waals surface area contributed by atoms with Crippen LogP contribution in [-0.4, -0.2) is 19.5 Å². The number of nitrogens with one attached hydrogen (secondary N) is 1. The van der Waals surface area contributed by atoms with Gasteiger partial charge in [-0.05, 0) is 42.5 Å². The lowest BCUT2D eigenvalue weighted by Crippen LogP contribution is -2.30. The number of hydrogen-bond donors (Lipinski definition) is 1. The van der Waals surface area contributed by atoms with E-state index in [-0.39, 0.29) is 12.5 Å². The third-order valence-electron chi connectivity index (χ3n) is 2.92. The van der Waals surface area contributed by atoms with Gasteiger partial charge in [-0.15, -0.1) is 0 Å². The van der Waals surface area contributed by atoms with Gasteiger partial charge < -0.3 is 10.2 Å². The van der Waals surface area contributed by atoms with Crippen molar-refractivity contribution < 1.29 is 4.79 Å². The third kappa shape index (κ3) is 4.23. The Morgan fingerprint density at radius 1 is 1.29 bits per heavy atom. The highest BCUT2D eigenvalue weighted by Crippen LogP contribution is 2.15. The summed E-state index contributed by atoms with van der Waals surface area (Å²) >= 11 is 5.79. The predicted molar refractivity (Wildman–Crippen MR) is 84.5 cm³/mol. The fourth-order valence-corrected chi connectivity index (χ4v) is 1.98. The number of nitrogens with zero attached hydrogens (tertiary/aromatic N) is 2. The quantitative estimate of drug-likeness (QED) is 0.942. The lowest BCUT2D eigenvalue weighted by Gasteiger charge is -2.19. The fourth-order valence-electron chi connectivity index (χ4n) is 1.85. The number of carbonyl (C=O) groups excluding carboxylic acids is 1. The van der Waals surface area contributed by atoms with Crippen molar-refractivity contribution in [1.29, 1.82) is 5.26 Å². The molecule has 5 heteroatoms. The summed E-state index contributed by atoms with van der Waals surface area (Å²) in [6.45, 7) is 0.192. The number of amides is 1. The molecule has 0 heterocycles. The van der Waals surface area contributed by atoms with Gasteiger partial charge in [0.2, 0.25) is 5.91 Å². The minimum absolute atomic E-state index is 0.137. The molecule has 0 saturated heterocycles. The average molecular weight is 300 g/mol. The summed E-state index contributed by atoms with van der Waals surface area (Å²) in [7, 11) is 1.80. The minimum Gasteiger partial charge on any atom is -0.365 e. The predicted octanol–water partition coefficient (Wildman–Crippen LogP) is 3.29. The lowest BCUT2D eigenvalue weighted by atomic mass is 10.2. The molecule has 0 aliphatic carbocycles. The Hall–Kier alpha value is -2.51. The molecule has 4 nitrogen and oxygen atoms in total. The van der Waals surface area contributed by atoms with Crippen LogP contribution in [0, 0.1) is 11.3 Å². The first-order chi connectivity index (χ1) is 10.1. The smallest absolute Gasteiger partial charge is 0.243 e. The monoisotopic (exact) mass is 299 g/mol. The van der Waals surface area contributed by atoms with E-state index < -0.39 is 0 Å². The molecule has 2 aromatic carbocycles. The highest BCUT2D eigenvalue weighted by molar-refractivity contribution is 6.30. The molecule has 2 rings (SSSR count). The van der Waals surface area contributed by atoms with Crippen molar-refractivity contribution in [3.8, 4) is 6.07 Å². The summed E-state index contributed by atoms with van der Waals surface area (Å²) in [5.74, 6) is -0.137. The van der Waals surface area contributed by atoms with Crippen molar-refractivity contribution in [3.63, 3.8) is 0 Å². The van der Waals surface area contributed by atoms with E-state index in [4.69, 9.17) is 16.9 Å². The summed E-state index contributed by atoms with van der Waals surface area (Å²) in [6.07, 6.45) is 0. The zero-order valence-electron chi connectivity index (χ0n) is 11.5. The van der Waals surface area contributed by atoms with E-state index in [1.165, 1.54) is 0 Å². The van der Waals surface area contributed by atoms with E-state index >= 15 is 0 Å². The van der Waals surface area contributed by atoms with Gasteiger partial charge in [0.25, 0.3) is 0 Å². The fraction of sp³-hybridized carbons (Fsp3) is 0.125. The van der Waals surface area contributed by atoms with E-state index in [1.54, 1.807) is 54.4 Å². The van der Waals surface area contributed by atoms with E-state index in [0.29, 0.717) is 16.3 Å². The van der Waals surface area contributed by atoms with Crippen LogP contribution >= 0.6 is 11.6 Å². The molecule has 0 aliphatic rings. The van der Waals surface area contributed by atoms with Crippen LogP contribution in [0.5, 0.6) is 0 Å². The maximum Gasteiger partial charge on any atom is 0.243 e. The molecule has 1 amide bonds. The van der Waals surface area contributed by atoms with Crippen LogP contribution in [0.25, 0.3) is 0 Å². The summed E-state index contributed by atoms with van der Waals surface area (Å²) in [4.78, 5) is 13.8. The molecular weight excluding hydrogens is 286 g/mol. The highest BCUT2D eigenvalue weighted by Gasteiger charge is 2.08. The van der Waals surface area contributed by atoms with Crippen molar-refractivity contribution in [3.05, 3.63) is 59.1 Å². The second-order valence-electron chi connectivity index (χ2n) is 4.57. The molecule has 106 valence electrons. The maximum absolute atomic E-state index is 12.0. The molecular formula is C16H14ClN3O. The first-order valence-electron chi connectivity index (χ1n) is 6.35. The van der Waals surface area contributed by atoms with Crippen LogP contribution in [0.1, 0.15) is 5.56 Å². The number of halogens is 1. The Morgan fingerprint density at radius 2 is 2.00 bits per heavy atom. The normalized spacial score (nSPS) is 9.76. The molecule has 0 unspecified atom stereocenters. The SMILES string of the molecule is CN(CC(=O)Nc1ccc(Cl)cc1)c1cccc(C#N)c1. The molecule has 21 heavy (non-hydrogen) atoms. The van der Waals surface area contributed by atoms with Crippen LogP contribution in [0.15, 0.2) is 48.5 Å². The van der Waals surface area contributed by atoms with E-state index in [9.17, 15) is 4.79 Å². The number of benzene rings is 2. The summed E-state index contributed by atoms with van der Waals surface area (Å²) in [6, 6.07) is 16.1. The molecule has 0 saturated carbocycles. The Kier molecular flexibility index (Phi) is 4.81. The molecule has 0 fully saturated rings. The van der Waals surface area contributed by atoms with Crippen LogP contribution < -0.4 is 10.2 Å². The molecule has 2 aromatic rings. The van der Waals surface area contributed by atoms with Gasteiger partial charge in [0, 0.05) is 23.4 Å². The molecule has 0 spiro atoms. The van der Waals surface area contributed by atoms with Crippen molar-refractivity contribution in [2.24, 2.45) is 0 Å². The van der Waals surface area contributed by atoms with Crippen LogP contribution in [0.2, 0.25) is 5.02 Å². The molecule has 0 aliphatic heterocycles. The lowest BCUT2D eigenvalue weighted by molar-refractivity contribution is -0.114. The second kappa shape index (κ2) is 6.78. The van der Waals surface area contributed by atoms with Crippen LogP contribution in [0.4, 0.5) is 11.4 Å². The first kappa shape index (κ1) is 14.9. The van der Waals surface area contributed by atoms with E-state index in [1.807, 2.05) is 6.07 Å². The number of nitriles is 1. The molecule has 0 bridgehead atoms. The Morgan fingerprint density at radius 3 is 2.67 bits per heavy atom. The molecule has 0 radical (unpaired) electrons. The topological polar surface area (TPSA) is 56.1 Å². The number of rotatable bonds is 4. The largest absolute Gasteiger partial charge is 0.365 e. The van der Waals surface area contributed by atoms with Crippen LogP contribution in [-0.2, 0) is 4.79 Å². The van der Waals surface area contributed by atoms with Gasteiger partial charge >= 0.3 is 0 Å². The molecule has 1 N–H and O–H groups in total. The van der Waals surface area contributed by atoms with Gasteiger partial charge in [-0.2, -0.15) is 5.26 Å². The average Bonchev–Trinajstić information content (AvgIpc) is 2.49. The van der Waals surface area contributed by atoms with Crippen molar-refractivity contribution in [2.75, 3.05) is 23.8 Å². The van der Waals surface area contributed by atoms with Gasteiger partial charge in [-0.25, -0.2) is 0 Å². The summed E-state index contributed by atoms with van der Waals surface area (Å²) in [5, 5.41) is 12.3. The van der Waals surface area contributed by atoms with Crippen molar-refractivity contribution in [2.45, 2.75) is 0 Å². The number of hydrogen-bond acceptors (Lipinski definition) is 3. The van der Waals surface area contributed by atoms with Gasteiger partial charge in [-0.3, -0.25) is 4.79 Å². The van der Waals surface area contributed by atoms with Gasteiger partial charge in [-0.1, -0.05) is 17.7 Å². The van der Waals surface area contributed by atoms with Crippen molar-refractivity contribution in [1.82, 2.24) is 0 Å². The zero-order chi connectivity index (χ0) is 15.2. The second-order valence-corrected chi connectivity index (χ2v) is 5.01. The summed E-state index contributed by atoms with van der Waals surface area (Å²) in [5.41, 5.74) is 2.08.